The van der Waals surface area contributed by atoms with E-state index in [0.717, 1.165) is 36.1 Å². The van der Waals surface area contributed by atoms with E-state index >= 15 is 0 Å². The first-order chi connectivity index (χ1) is 17.0. The van der Waals surface area contributed by atoms with Gasteiger partial charge in [0.2, 0.25) is 11.8 Å². The minimum atomic E-state index is -0.145. The number of piperidine rings is 1. The minimum Gasteiger partial charge on any atom is -0.496 e. The number of hydrogen-bond donors (Lipinski definition) is 1. The highest BCUT2D eigenvalue weighted by molar-refractivity contribution is 5.92. The third-order valence-corrected chi connectivity index (χ3v) is 5.88. The van der Waals surface area contributed by atoms with Gasteiger partial charge < -0.3 is 24.4 Å². The normalized spacial score (nSPS) is 14.1. The molecule has 0 spiro atoms. The molecular weight excluding hydrogens is 444 g/mol. The van der Waals surface area contributed by atoms with Crippen LogP contribution in [0.1, 0.15) is 44.2 Å². The highest BCUT2D eigenvalue weighted by atomic mass is 16.5. The summed E-state index contributed by atoms with van der Waals surface area (Å²) in [6.07, 6.45) is 6.01. The smallest absolute Gasteiger partial charge is 0.244 e. The van der Waals surface area contributed by atoms with Gasteiger partial charge in [-0.2, -0.15) is 0 Å². The van der Waals surface area contributed by atoms with Gasteiger partial charge in [0.25, 0.3) is 0 Å². The summed E-state index contributed by atoms with van der Waals surface area (Å²) in [6.45, 7) is 6.40. The predicted molar refractivity (Wildman–Crippen MR) is 137 cm³/mol. The van der Waals surface area contributed by atoms with Gasteiger partial charge in [0.05, 0.1) is 26.7 Å². The van der Waals surface area contributed by atoms with Crippen molar-refractivity contribution in [3.05, 3.63) is 59.7 Å². The maximum Gasteiger partial charge on any atom is 0.244 e. The largest absolute Gasteiger partial charge is 0.496 e. The molecule has 1 fully saturated rings. The van der Waals surface area contributed by atoms with Crippen LogP contribution in [0.25, 0.3) is 6.08 Å². The molecule has 0 aromatic heterocycles. The number of para-hydroxylation sites is 1. The summed E-state index contributed by atoms with van der Waals surface area (Å²) in [5.41, 5.74) is 1.75. The van der Waals surface area contributed by atoms with Gasteiger partial charge in [-0.3, -0.25) is 9.59 Å². The summed E-state index contributed by atoms with van der Waals surface area (Å²) in [4.78, 5) is 27.1. The summed E-state index contributed by atoms with van der Waals surface area (Å²) in [5.74, 6) is 2.05. The van der Waals surface area contributed by atoms with Crippen LogP contribution in [0.3, 0.4) is 0 Å². The summed E-state index contributed by atoms with van der Waals surface area (Å²) < 4.78 is 16.8. The van der Waals surface area contributed by atoms with Gasteiger partial charge in [-0.15, -0.1) is 0 Å². The lowest BCUT2D eigenvalue weighted by atomic mass is 10.0. The van der Waals surface area contributed by atoms with E-state index < -0.39 is 0 Å². The van der Waals surface area contributed by atoms with E-state index in [1.807, 2.05) is 54.3 Å². The van der Waals surface area contributed by atoms with Gasteiger partial charge in [-0.1, -0.05) is 31.2 Å². The molecule has 0 radical (unpaired) electrons. The molecule has 0 atom stereocenters. The number of carbonyl (C=O) groups excluding carboxylic acids is 2. The number of rotatable bonds is 11. The second-order valence-electron chi connectivity index (χ2n) is 8.47. The highest BCUT2D eigenvalue weighted by Crippen LogP contribution is 2.29. The Morgan fingerprint density at radius 1 is 1.03 bits per heavy atom. The first-order valence-electron chi connectivity index (χ1n) is 12.3. The molecule has 2 aromatic carbocycles. The fraction of sp³-hybridized carbons (Fsp3) is 0.429. The number of benzene rings is 2. The minimum absolute atomic E-state index is 0.0475. The molecule has 7 nitrogen and oxygen atoms in total. The van der Waals surface area contributed by atoms with Gasteiger partial charge in [-0.05, 0) is 56.0 Å². The zero-order valence-electron chi connectivity index (χ0n) is 20.9. The predicted octanol–water partition coefficient (Wildman–Crippen LogP) is 4.25. The molecule has 0 saturated carbocycles. The van der Waals surface area contributed by atoms with Crippen LogP contribution in [-0.4, -0.2) is 56.2 Å². The molecule has 188 valence electrons. The Morgan fingerprint density at radius 3 is 2.51 bits per heavy atom. The van der Waals surface area contributed by atoms with Crippen molar-refractivity contribution >= 4 is 17.9 Å². The maximum absolute atomic E-state index is 12.7. The Labute approximate surface area is 208 Å². The molecule has 7 heteroatoms. The Bertz CT molecular complexity index is 1010. The number of hydrogen-bond acceptors (Lipinski definition) is 5. The van der Waals surface area contributed by atoms with Gasteiger partial charge >= 0.3 is 0 Å². The number of nitrogens with one attached hydrogen (secondary N) is 1. The molecule has 3 rings (SSSR count). The van der Waals surface area contributed by atoms with Crippen LogP contribution < -0.4 is 19.5 Å². The lowest BCUT2D eigenvalue weighted by Gasteiger charge is -2.32. The molecule has 1 heterocycles. The lowest BCUT2D eigenvalue weighted by Crippen LogP contribution is -2.46. The average Bonchev–Trinajstić information content (AvgIpc) is 2.88. The van der Waals surface area contributed by atoms with Gasteiger partial charge in [0.1, 0.15) is 5.75 Å². The molecule has 1 aliphatic heterocycles. The second-order valence-corrected chi connectivity index (χ2v) is 8.47. The molecule has 35 heavy (non-hydrogen) atoms. The van der Waals surface area contributed by atoms with Crippen molar-refractivity contribution < 1.29 is 23.8 Å². The molecule has 1 N–H and O–H groups in total. The topological polar surface area (TPSA) is 77.1 Å². The number of nitrogens with zero attached hydrogens (tertiary/aromatic N) is 1. The van der Waals surface area contributed by atoms with E-state index in [-0.39, 0.29) is 17.9 Å². The van der Waals surface area contributed by atoms with Crippen LogP contribution in [0.5, 0.6) is 17.2 Å². The molecule has 1 saturated heterocycles. The third-order valence-electron chi connectivity index (χ3n) is 5.88. The van der Waals surface area contributed by atoms with E-state index in [2.05, 4.69) is 12.2 Å². The molecule has 0 unspecified atom stereocenters. The maximum atomic E-state index is 12.7. The molecular formula is C28H36N2O5. The first-order valence-corrected chi connectivity index (χ1v) is 12.3. The molecule has 1 aliphatic rings. The molecule has 0 bridgehead atoms. The van der Waals surface area contributed by atoms with Crippen molar-refractivity contribution in [1.29, 1.82) is 0 Å². The van der Waals surface area contributed by atoms with E-state index in [1.165, 1.54) is 6.08 Å². The highest BCUT2D eigenvalue weighted by Gasteiger charge is 2.24. The van der Waals surface area contributed by atoms with Crippen LogP contribution in [0, 0.1) is 0 Å². The van der Waals surface area contributed by atoms with Crippen molar-refractivity contribution in [1.82, 2.24) is 10.2 Å². The van der Waals surface area contributed by atoms with Crippen LogP contribution in [0.4, 0.5) is 0 Å². The summed E-state index contributed by atoms with van der Waals surface area (Å²) in [7, 11) is 1.61. The number of amides is 2. The Morgan fingerprint density at radius 2 is 1.80 bits per heavy atom. The van der Waals surface area contributed by atoms with Gasteiger partial charge in [0.15, 0.2) is 11.5 Å². The quantitative estimate of drug-likeness (QED) is 0.487. The standard InChI is InChI=1S/C28H36N2O5/c1-4-18-35-25-12-10-21(19-26(25)34-5-2)11-13-27(31)29-23-14-16-30(17-15-23)28(32)20-22-8-6-7-9-24(22)33-3/h6-13,19,23H,4-5,14-18,20H2,1-3H3,(H,29,31)/b13-11+. The monoisotopic (exact) mass is 480 g/mol. The molecule has 2 aromatic rings. The lowest BCUT2D eigenvalue weighted by molar-refractivity contribution is -0.131. The van der Waals surface area contributed by atoms with E-state index in [9.17, 15) is 9.59 Å². The van der Waals surface area contributed by atoms with Crippen molar-refractivity contribution in [2.75, 3.05) is 33.4 Å². The Balaban J connectivity index is 1.48. The van der Waals surface area contributed by atoms with Crippen LogP contribution >= 0.6 is 0 Å². The van der Waals surface area contributed by atoms with Crippen molar-refractivity contribution in [3.63, 3.8) is 0 Å². The Kier molecular flexibility index (Phi) is 10.0. The van der Waals surface area contributed by atoms with E-state index in [4.69, 9.17) is 14.2 Å². The Hall–Kier alpha value is -3.48. The fourth-order valence-electron chi connectivity index (χ4n) is 4.05. The zero-order valence-corrected chi connectivity index (χ0v) is 20.9. The summed E-state index contributed by atoms with van der Waals surface area (Å²) in [6, 6.07) is 13.3. The van der Waals surface area contributed by atoms with Crippen LogP contribution in [0.2, 0.25) is 0 Å². The third kappa shape index (κ3) is 7.77. The van der Waals surface area contributed by atoms with Gasteiger partial charge in [0, 0.05) is 30.8 Å². The van der Waals surface area contributed by atoms with Crippen molar-refractivity contribution in [3.8, 4) is 17.2 Å². The van der Waals surface area contributed by atoms with Crippen molar-refractivity contribution in [2.24, 2.45) is 0 Å². The molecule has 0 aliphatic carbocycles. The number of likely N-dealkylation sites (tertiary alicyclic amines) is 1. The first kappa shape index (κ1) is 26.1. The van der Waals surface area contributed by atoms with Gasteiger partial charge in [-0.25, -0.2) is 0 Å². The molecule has 2 amide bonds. The summed E-state index contributed by atoms with van der Waals surface area (Å²) in [5, 5.41) is 3.06. The number of methoxy groups -OCH3 is 1. The second kappa shape index (κ2) is 13.4. The van der Waals surface area contributed by atoms with E-state index in [0.29, 0.717) is 44.2 Å². The van der Waals surface area contributed by atoms with Crippen LogP contribution in [0.15, 0.2) is 48.5 Å². The number of ether oxygens (including phenoxy) is 3. The average molecular weight is 481 g/mol. The van der Waals surface area contributed by atoms with Crippen molar-refractivity contribution in [2.45, 2.75) is 45.6 Å². The number of carbonyl (C=O) groups is 2. The van der Waals surface area contributed by atoms with Crippen LogP contribution in [-0.2, 0) is 16.0 Å². The fourth-order valence-corrected chi connectivity index (χ4v) is 4.05. The summed E-state index contributed by atoms with van der Waals surface area (Å²) >= 11 is 0. The zero-order chi connectivity index (χ0) is 25.0. The SMILES string of the molecule is CCCOc1ccc(/C=C/C(=O)NC2CCN(C(=O)Cc3ccccc3OC)CC2)cc1OCC. The van der Waals surface area contributed by atoms with E-state index in [1.54, 1.807) is 13.2 Å².